The Labute approximate surface area is 156 Å². The molecule has 0 heterocycles. The van der Waals surface area contributed by atoms with Gasteiger partial charge in [0.25, 0.3) is 0 Å². The standard InChI is InChI=1S/C21H34P.C2H3N/c1-4-7-16-22(17-8-5-2,18-9-6-3)21-15-14-19-12-10-11-13-20(19)21;1-2-3/h10-15,21H,4-9,16-18H2,1-3H3;1H3/q+1;. The Bertz CT molecular complexity index is 534. The number of hydrogen-bond donors (Lipinski definition) is 0. The van der Waals surface area contributed by atoms with Gasteiger partial charge in [0.05, 0.1) is 24.6 Å². The van der Waals surface area contributed by atoms with Gasteiger partial charge in [0.15, 0.2) is 0 Å². The molecule has 1 aliphatic carbocycles. The van der Waals surface area contributed by atoms with Gasteiger partial charge >= 0.3 is 0 Å². The van der Waals surface area contributed by atoms with Crippen molar-refractivity contribution in [3.63, 3.8) is 0 Å². The number of nitrogens with zero attached hydrogens (tertiary/aromatic N) is 1. The highest BCUT2D eigenvalue weighted by molar-refractivity contribution is 7.76. The second-order valence-electron chi connectivity index (χ2n) is 7.11. The van der Waals surface area contributed by atoms with Crippen molar-refractivity contribution in [2.24, 2.45) is 0 Å². The van der Waals surface area contributed by atoms with E-state index in [4.69, 9.17) is 5.26 Å². The molecule has 0 aromatic heterocycles. The maximum Gasteiger partial charge on any atom is 0.113 e. The van der Waals surface area contributed by atoms with Crippen molar-refractivity contribution in [3.05, 3.63) is 41.5 Å². The predicted molar refractivity (Wildman–Crippen MR) is 116 cm³/mol. The molecule has 25 heavy (non-hydrogen) atoms. The van der Waals surface area contributed by atoms with Crippen molar-refractivity contribution >= 4 is 13.3 Å². The topological polar surface area (TPSA) is 23.8 Å². The van der Waals surface area contributed by atoms with Crippen molar-refractivity contribution in [1.29, 1.82) is 5.26 Å². The first-order chi connectivity index (χ1) is 12.2. The van der Waals surface area contributed by atoms with Gasteiger partial charge in [0.2, 0.25) is 0 Å². The molecular weight excluding hydrogens is 321 g/mol. The third-order valence-electron chi connectivity index (χ3n) is 5.23. The largest absolute Gasteiger partial charge is 0.199 e. The van der Waals surface area contributed by atoms with Crippen LogP contribution in [0.3, 0.4) is 0 Å². The first-order valence-electron chi connectivity index (χ1n) is 10.1. The minimum absolute atomic E-state index is 0.758. The van der Waals surface area contributed by atoms with E-state index in [0.29, 0.717) is 0 Å². The van der Waals surface area contributed by atoms with Crippen LogP contribution >= 0.6 is 7.26 Å². The summed E-state index contributed by atoms with van der Waals surface area (Å²) in [4.78, 5) is 0. The van der Waals surface area contributed by atoms with Crippen molar-refractivity contribution in [2.75, 3.05) is 18.5 Å². The van der Waals surface area contributed by atoms with E-state index in [0.717, 1.165) is 5.66 Å². The summed E-state index contributed by atoms with van der Waals surface area (Å²) in [7, 11) is -0.912. The molecule has 0 saturated carbocycles. The van der Waals surface area contributed by atoms with Gasteiger partial charge in [-0.1, -0.05) is 70.4 Å². The molecule has 0 fully saturated rings. The monoisotopic (exact) mass is 358 g/mol. The molecule has 1 aromatic rings. The zero-order valence-corrected chi connectivity index (χ0v) is 17.7. The van der Waals surface area contributed by atoms with E-state index in [9.17, 15) is 0 Å². The number of fused-ring (bicyclic) bond motifs is 1. The second-order valence-corrected chi connectivity index (χ2v) is 11.4. The van der Waals surface area contributed by atoms with Gasteiger partial charge < -0.3 is 0 Å². The summed E-state index contributed by atoms with van der Waals surface area (Å²) in [5.74, 6) is 0. The third kappa shape index (κ3) is 6.27. The number of rotatable bonds is 10. The van der Waals surface area contributed by atoms with E-state index in [1.165, 1.54) is 69.5 Å². The maximum absolute atomic E-state index is 7.32. The Kier molecular flexibility index (Phi) is 10.8. The fraction of sp³-hybridized carbons (Fsp3) is 0.609. The first-order valence-corrected chi connectivity index (χ1v) is 12.5. The third-order valence-corrected chi connectivity index (χ3v) is 10.5. The van der Waals surface area contributed by atoms with Crippen LogP contribution in [0.2, 0.25) is 0 Å². The average Bonchev–Trinajstić information content (AvgIpc) is 3.07. The highest BCUT2D eigenvalue weighted by Gasteiger charge is 2.45. The van der Waals surface area contributed by atoms with Crippen LogP contribution in [0.1, 0.15) is 83.0 Å². The van der Waals surface area contributed by atoms with Crippen molar-refractivity contribution in [1.82, 2.24) is 0 Å². The average molecular weight is 359 g/mol. The lowest BCUT2D eigenvalue weighted by Gasteiger charge is -2.33. The van der Waals surface area contributed by atoms with E-state index >= 15 is 0 Å². The molecule has 1 atom stereocenters. The predicted octanol–water partition coefficient (Wildman–Crippen LogP) is 7.70. The molecule has 0 radical (unpaired) electrons. The molecular formula is C23H37NP+. The molecule has 0 aliphatic heterocycles. The van der Waals surface area contributed by atoms with E-state index in [1.807, 2.05) is 0 Å². The van der Waals surface area contributed by atoms with E-state index in [1.54, 1.807) is 11.6 Å². The van der Waals surface area contributed by atoms with E-state index < -0.39 is 7.26 Å². The lowest BCUT2D eigenvalue weighted by atomic mass is 10.1. The van der Waals surface area contributed by atoms with Crippen LogP contribution in [0.15, 0.2) is 30.3 Å². The molecule has 0 spiro atoms. The number of allylic oxidation sites excluding steroid dienone is 1. The Morgan fingerprint density at radius 1 is 0.920 bits per heavy atom. The number of unbranched alkanes of at least 4 members (excludes halogenated alkanes) is 3. The lowest BCUT2D eigenvalue weighted by molar-refractivity contribution is 0.826. The van der Waals surface area contributed by atoms with Gasteiger partial charge in [-0.25, -0.2) is 0 Å². The van der Waals surface area contributed by atoms with Crippen LogP contribution in [0.5, 0.6) is 0 Å². The van der Waals surface area contributed by atoms with Gasteiger partial charge in [-0.05, 0) is 30.9 Å². The summed E-state index contributed by atoms with van der Waals surface area (Å²) in [6, 6.07) is 10.9. The van der Waals surface area contributed by atoms with Crippen molar-refractivity contribution < 1.29 is 0 Å². The van der Waals surface area contributed by atoms with E-state index in [-0.39, 0.29) is 0 Å². The van der Waals surface area contributed by atoms with Gasteiger partial charge in [0, 0.05) is 19.7 Å². The van der Waals surface area contributed by atoms with E-state index in [2.05, 4.69) is 57.2 Å². The molecule has 1 unspecified atom stereocenters. The summed E-state index contributed by atoms with van der Waals surface area (Å²) in [5, 5.41) is 7.32. The Balaban J connectivity index is 0.000000970. The van der Waals surface area contributed by atoms with Crippen LogP contribution in [0.25, 0.3) is 6.08 Å². The second kappa shape index (κ2) is 12.3. The summed E-state index contributed by atoms with van der Waals surface area (Å²) in [5.41, 5.74) is 3.88. The molecule has 2 rings (SSSR count). The molecule has 1 nitrogen and oxygen atoms in total. The minimum atomic E-state index is -0.912. The van der Waals surface area contributed by atoms with Gasteiger partial charge in [-0.15, -0.1) is 0 Å². The highest BCUT2D eigenvalue weighted by atomic mass is 31.2. The van der Waals surface area contributed by atoms with Crippen LogP contribution in [-0.2, 0) is 0 Å². The van der Waals surface area contributed by atoms with Gasteiger partial charge in [-0.2, -0.15) is 5.26 Å². The quantitative estimate of drug-likeness (QED) is 0.393. The zero-order chi connectivity index (χ0) is 18.5. The van der Waals surface area contributed by atoms with Crippen LogP contribution < -0.4 is 0 Å². The van der Waals surface area contributed by atoms with Gasteiger partial charge in [0.1, 0.15) is 5.66 Å². The van der Waals surface area contributed by atoms with Crippen molar-refractivity contribution in [2.45, 2.75) is 71.9 Å². The number of benzene rings is 1. The van der Waals surface area contributed by atoms with Crippen LogP contribution in [0.4, 0.5) is 0 Å². The molecule has 0 bridgehead atoms. The summed E-state index contributed by atoms with van der Waals surface area (Å²) >= 11 is 0. The molecule has 0 saturated heterocycles. The zero-order valence-electron chi connectivity index (χ0n) is 16.8. The maximum atomic E-state index is 7.32. The fourth-order valence-electron chi connectivity index (χ4n) is 3.88. The van der Waals surface area contributed by atoms with Crippen molar-refractivity contribution in [3.8, 4) is 6.07 Å². The SMILES string of the molecule is CC#N.CCCC[P+](CCCC)(CCCC)C1C=Cc2ccccc21. The molecule has 1 aromatic carbocycles. The first kappa shape index (κ1) is 21.9. The van der Waals surface area contributed by atoms with Gasteiger partial charge in [-0.3, -0.25) is 0 Å². The minimum Gasteiger partial charge on any atom is -0.199 e. The summed E-state index contributed by atoms with van der Waals surface area (Å²) in [6.45, 7) is 8.49. The highest BCUT2D eigenvalue weighted by Crippen LogP contribution is 2.73. The number of hydrogen-bond acceptors (Lipinski definition) is 1. The fourth-order valence-corrected chi connectivity index (χ4v) is 9.50. The van der Waals surface area contributed by atoms with Crippen LogP contribution in [0, 0.1) is 11.3 Å². The smallest absolute Gasteiger partial charge is 0.113 e. The Morgan fingerprint density at radius 2 is 1.40 bits per heavy atom. The Morgan fingerprint density at radius 3 is 1.88 bits per heavy atom. The normalized spacial score (nSPS) is 15.2. The summed E-state index contributed by atoms with van der Waals surface area (Å²) < 4.78 is 0. The van der Waals surface area contributed by atoms with Crippen LogP contribution in [-0.4, -0.2) is 18.5 Å². The summed E-state index contributed by atoms with van der Waals surface area (Å²) in [6.07, 6.45) is 17.8. The molecule has 0 amide bonds. The molecule has 1 aliphatic rings. The molecule has 2 heteroatoms. The number of nitriles is 1. The Hall–Kier alpha value is -1.12. The molecule has 0 N–H and O–H groups in total. The molecule has 138 valence electrons. The lowest BCUT2D eigenvalue weighted by Crippen LogP contribution is -2.15.